The SMILES string of the molecule is CC(CCC(C)(C)O)C1CCC2C3CCC4CC(C)(O)CCC4C3CCC12C. The Morgan fingerprint density at radius 3 is 2.36 bits per heavy atom. The highest BCUT2D eigenvalue weighted by Gasteiger charge is 2.58. The molecule has 28 heavy (non-hydrogen) atoms. The van der Waals surface area contributed by atoms with Crippen LogP contribution >= 0.6 is 0 Å². The summed E-state index contributed by atoms with van der Waals surface area (Å²) in [5.41, 5.74) is -0.385. The number of hydrogen-bond donors (Lipinski definition) is 2. The smallest absolute Gasteiger partial charge is 0.0622 e. The van der Waals surface area contributed by atoms with Crippen LogP contribution in [-0.4, -0.2) is 21.4 Å². The number of aliphatic hydroxyl groups is 2. The predicted octanol–water partition coefficient (Wildman–Crippen LogP) is 6.19. The molecule has 2 N–H and O–H groups in total. The second kappa shape index (κ2) is 7.26. The fourth-order valence-electron chi connectivity index (χ4n) is 8.84. The Balaban J connectivity index is 1.45. The summed E-state index contributed by atoms with van der Waals surface area (Å²) in [5, 5.41) is 20.8. The van der Waals surface area contributed by atoms with E-state index in [1.807, 2.05) is 13.8 Å². The molecule has 9 atom stereocenters. The first-order valence-corrected chi connectivity index (χ1v) is 12.4. The normalized spacial score (nSPS) is 49.8. The second-order valence-corrected chi connectivity index (χ2v) is 12.7. The fraction of sp³-hybridized carbons (Fsp3) is 1.00. The monoisotopic (exact) mass is 390 g/mol. The van der Waals surface area contributed by atoms with E-state index >= 15 is 0 Å². The highest BCUT2D eigenvalue weighted by atomic mass is 16.3. The molecule has 0 saturated heterocycles. The summed E-state index contributed by atoms with van der Waals surface area (Å²) in [7, 11) is 0. The van der Waals surface area contributed by atoms with Gasteiger partial charge in [-0.3, -0.25) is 0 Å². The van der Waals surface area contributed by atoms with Gasteiger partial charge in [0.2, 0.25) is 0 Å². The van der Waals surface area contributed by atoms with E-state index in [4.69, 9.17) is 0 Å². The van der Waals surface area contributed by atoms with Crippen LogP contribution in [0.3, 0.4) is 0 Å². The van der Waals surface area contributed by atoms with Gasteiger partial charge in [-0.05, 0) is 138 Å². The lowest BCUT2D eigenvalue weighted by Gasteiger charge is -2.57. The minimum absolute atomic E-state index is 0.397. The summed E-state index contributed by atoms with van der Waals surface area (Å²) in [6.07, 6.45) is 14.0. The van der Waals surface area contributed by atoms with Gasteiger partial charge in [0, 0.05) is 0 Å². The first-order valence-electron chi connectivity index (χ1n) is 12.4. The molecule has 0 aromatic rings. The molecule has 2 heteroatoms. The van der Waals surface area contributed by atoms with E-state index in [-0.39, 0.29) is 0 Å². The molecule has 0 radical (unpaired) electrons. The van der Waals surface area contributed by atoms with Gasteiger partial charge in [-0.1, -0.05) is 13.8 Å². The zero-order valence-electron chi connectivity index (χ0n) is 19.2. The highest BCUT2D eigenvalue weighted by Crippen LogP contribution is 2.65. The Labute approximate surface area is 173 Å². The van der Waals surface area contributed by atoms with Crippen molar-refractivity contribution in [2.45, 2.75) is 116 Å². The number of hydrogen-bond acceptors (Lipinski definition) is 2. The molecular weight excluding hydrogens is 344 g/mol. The minimum atomic E-state index is -0.522. The maximum Gasteiger partial charge on any atom is 0.0622 e. The Morgan fingerprint density at radius 2 is 1.64 bits per heavy atom. The molecule has 4 aliphatic rings. The van der Waals surface area contributed by atoms with Crippen LogP contribution in [-0.2, 0) is 0 Å². The van der Waals surface area contributed by atoms with Crippen molar-refractivity contribution in [2.75, 3.05) is 0 Å². The third kappa shape index (κ3) is 3.82. The molecule has 4 aliphatic carbocycles. The van der Waals surface area contributed by atoms with Gasteiger partial charge in [0.05, 0.1) is 11.2 Å². The molecule has 0 amide bonds. The van der Waals surface area contributed by atoms with Crippen molar-refractivity contribution in [3.05, 3.63) is 0 Å². The quantitative estimate of drug-likeness (QED) is 0.600. The lowest BCUT2D eigenvalue weighted by Crippen LogP contribution is -2.50. The van der Waals surface area contributed by atoms with Crippen LogP contribution in [0.4, 0.5) is 0 Å². The number of rotatable bonds is 4. The lowest BCUT2D eigenvalue weighted by atomic mass is 9.48. The maximum absolute atomic E-state index is 10.6. The molecule has 0 heterocycles. The Bertz CT molecular complexity index is 561. The molecule has 162 valence electrons. The third-order valence-electron chi connectivity index (χ3n) is 10.2. The van der Waals surface area contributed by atoms with Crippen molar-refractivity contribution in [1.82, 2.24) is 0 Å². The van der Waals surface area contributed by atoms with E-state index in [1.165, 1.54) is 51.4 Å². The first kappa shape index (κ1) is 21.2. The minimum Gasteiger partial charge on any atom is -0.390 e. The molecule has 4 fully saturated rings. The zero-order chi connectivity index (χ0) is 20.3. The largest absolute Gasteiger partial charge is 0.390 e. The number of fused-ring (bicyclic) bond motifs is 5. The summed E-state index contributed by atoms with van der Waals surface area (Å²) in [5.74, 6) is 6.11. The average Bonchev–Trinajstić information content (AvgIpc) is 2.95. The van der Waals surface area contributed by atoms with Gasteiger partial charge in [-0.25, -0.2) is 0 Å². The van der Waals surface area contributed by atoms with E-state index in [0.29, 0.717) is 5.41 Å². The summed E-state index contributed by atoms with van der Waals surface area (Å²) in [6.45, 7) is 11.1. The van der Waals surface area contributed by atoms with Gasteiger partial charge in [-0.15, -0.1) is 0 Å². The van der Waals surface area contributed by atoms with Gasteiger partial charge in [0.1, 0.15) is 0 Å². The van der Waals surface area contributed by atoms with Gasteiger partial charge in [0.15, 0.2) is 0 Å². The molecule has 4 rings (SSSR count). The molecule has 2 nitrogen and oxygen atoms in total. The Kier molecular flexibility index (Phi) is 5.49. The molecule has 0 spiro atoms. The van der Waals surface area contributed by atoms with Crippen molar-refractivity contribution in [3.8, 4) is 0 Å². The zero-order valence-corrected chi connectivity index (χ0v) is 19.2. The van der Waals surface area contributed by atoms with Crippen molar-refractivity contribution >= 4 is 0 Å². The summed E-state index contributed by atoms with van der Waals surface area (Å²) < 4.78 is 0. The van der Waals surface area contributed by atoms with Crippen molar-refractivity contribution in [1.29, 1.82) is 0 Å². The maximum atomic E-state index is 10.6. The van der Waals surface area contributed by atoms with Crippen LogP contribution in [0.25, 0.3) is 0 Å². The fourth-order valence-corrected chi connectivity index (χ4v) is 8.84. The molecule has 0 aromatic heterocycles. The molecule has 0 bridgehead atoms. The average molecular weight is 391 g/mol. The molecule has 0 aromatic carbocycles. The Hall–Kier alpha value is -0.0800. The van der Waals surface area contributed by atoms with Gasteiger partial charge >= 0.3 is 0 Å². The Morgan fingerprint density at radius 1 is 0.929 bits per heavy atom. The van der Waals surface area contributed by atoms with Crippen LogP contribution in [0.5, 0.6) is 0 Å². The predicted molar refractivity (Wildman–Crippen MR) is 116 cm³/mol. The van der Waals surface area contributed by atoms with Gasteiger partial charge < -0.3 is 10.2 Å². The molecule has 0 aliphatic heterocycles. The molecular formula is C26H46O2. The summed E-state index contributed by atoms with van der Waals surface area (Å²) in [6, 6.07) is 0. The topological polar surface area (TPSA) is 40.5 Å². The van der Waals surface area contributed by atoms with E-state index in [0.717, 1.165) is 60.7 Å². The van der Waals surface area contributed by atoms with E-state index in [2.05, 4.69) is 20.8 Å². The molecule has 4 saturated carbocycles. The second-order valence-electron chi connectivity index (χ2n) is 12.7. The van der Waals surface area contributed by atoms with E-state index < -0.39 is 11.2 Å². The van der Waals surface area contributed by atoms with Crippen LogP contribution in [0.1, 0.15) is 105 Å². The lowest BCUT2D eigenvalue weighted by molar-refractivity contribution is -0.103. The van der Waals surface area contributed by atoms with Crippen molar-refractivity contribution in [3.63, 3.8) is 0 Å². The van der Waals surface area contributed by atoms with Crippen LogP contribution in [0, 0.1) is 46.8 Å². The van der Waals surface area contributed by atoms with Gasteiger partial charge in [0.25, 0.3) is 0 Å². The van der Waals surface area contributed by atoms with Crippen LogP contribution < -0.4 is 0 Å². The summed E-state index contributed by atoms with van der Waals surface area (Å²) in [4.78, 5) is 0. The van der Waals surface area contributed by atoms with Crippen LogP contribution in [0.15, 0.2) is 0 Å². The third-order valence-corrected chi connectivity index (χ3v) is 10.2. The molecule has 9 unspecified atom stereocenters. The van der Waals surface area contributed by atoms with E-state index in [9.17, 15) is 10.2 Å². The van der Waals surface area contributed by atoms with Crippen LogP contribution in [0.2, 0.25) is 0 Å². The summed E-state index contributed by atoms with van der Waals surface area (Å²) >= 11 is 0. The van der Waals surface area contributed by atoms with Crippen molar-refractivity contribution < 1.29 is 10.2 Å². The highest BCUT2D eigenvalue weighted by molar-refractivity contribution is 5.07. The first-order chi connectivity index (χ1) is 13.0. The van der Waals surface area contributed by atoms with Gasteiger partial charge in [-0.2, -0.15) is 0 Å². The standard InChI is InChI=1S/C26H46O2/c1-17(10-13-24(2,3)27)22-8-9-23-21-7-6-18-16-25(4,28)14-11-19(18)20(21)12-15-26(22,23)5/h17-23,27-28H,6-16H2,1-5H3. The van der Waals surface area contributed by atoms with E-state index in [1.54, 1.807) is 0 Å². The van der Waals surface area contributed by atoms with Crippen molar-refractivity contribution in [2.24, 2.45) is 46.8 Å².